The molecule has 0 bridgehead atoms. The molecule has 3 rings (SSSR count). The number of methoxy groups -OCH3 is 1. The summed E-state index contributed by atoms with van der Waals surface area (Å²) in [5.74, 6) is 2.05. The average molecular weight is 366 g/mol. The van der Waals surface area contributed by atoms with Gasteiger partial charge in [0, 0.05) is 19.3 Å². The lowest BCUT2D eigenvalue weighted by atomic mass is 10.1. The van der Waals surface area contributed by atoms with Crippen LogP contribution >= 0.6 is 0 Å². The smallest absolute Gasteiger partial charge is 0.224 e. The van der Waals surface area contributed by atoms with Crippen molar-refractivity contribution in [3.05, 3.63) is 59.9 Å². The zero-order valence-electron chi connectivity index (χ0n) is 15.3. The van der Waals surface area contributed by atoms with E-state index in [1.54, 1.807) is 11.8 Å². The van der Waals surface area contributed by atoms with Crippen molar-refractivity contribution >= 4 is 11.7 Å². The molecule has 0 aliphatic heterocycles. The van der Waals surface area contributed by atoms with Crippen molar-refractivity contribution in [2.24, 2.45) is 0 Å². The lowest BCUT2D eigenvalue weighted by Crippen LogP contribution is -2.30. The van der Waals surface area contributed by atoms with Crippen LogP contribution in [0.4, 0.5) is 5.82 Å². The third-order valence-corrected chi connectivity index (χ3v) is 3.88. The number of nitrogens with zero attached hydrogens (tertiary/aromatic N) is 4. The molecule has 2 N–H and O–H groups in total. The summed E-state index contributed by atoms with van der Waals surface area (Å²) in [4.78, 5) is 12.0. The highest BCUT2D eigenvalue weighted by molar-refractivity contribution is 5.78. The minimum absolute atomic E-state index is 0.0301. The van der Waals surface area contributed by atoms with Crippen LogP contribution in [0.5, 0.6) is 5.75 Å². The second kappa shape index (κ2) is 8.79. The van der Waals surface area contributed by atoms with Gasteiger partial charge in [0.1, 0.15) is 11.6 Å². The molecule has 3 aromatic rings. The second-order valence-electron chi connectivity index (χ2n) is 5.98. The maximum atomic E-state index is 12.0. The van der Waals surface area contributed by atoms with Gasteiger partial charge >= 0.3 is 0 Å². The first kappa shape index (κ1) is 18.4. The number of amides is 1. The van der Waals surface area contributed by atoms with Crippen molar-refractivity contribution in [1.29, 1.82) is 0 Å². The number of carbonyl (C=O) groups is 1. The van der Waals surface area contributed by atoms with Gasteiger partial charge in [0.15, 0.2) is 5.82 Å². The quantitative estimate of drug-likeness (QED) is 0.590. The summed E-state index contributed by atoms with van der Waals surface area (Å²) >= 11 is 0. The predicted octanol–water partition coefficient (Wildman–Crippen LogP) is 1.75. The molecule has 2 aromatic heterocycles. The van der Waals surface area contributed by atoms with Crippen LogP contribution in [-0.4, -0.2) is 46.1 Å². The van der Waals surface area contributed by atoms with E-state index in [0.29, 0.717) is 31.1 Å². The number of carbonyl (C=O) groups excluding carboxylic acids is 1. The van der Waals surface area contributed by atoms with Crippen molar-refractivity contribution in [1.82, 2.24) is 25.3 Å². The molecule has 2 heterocycles. The molecular weight excluding hydrogens is 344 g/mol. The lowest BCUT2D eigenvalue weighted by Gasteiger charge is -2.08. The Hall–Kier alpha value is -3.42. The Labute approximate surface area is 157 Å². The molecule has 27 heavy (non-hydrogen) atoms. The summed E-state index contributed by atoms with van der Waals surface area (Å²) in [7, 11) is 1.62. The Balaban J connectivity index is 1.39. The Morgan fingerprint density at radius 1 is 1.07 bits per heavy atom. The number of rotatable bonds is 8. The fourth-order valence-electron chi connectivity index (χ4n) is 2.47. The topological polar surface area (TPSA) is 94.0 Å². The van der Waals surface area contributed by atoms with E-state index in [0.717, 1.165) is 17.0 Å². The average Bonchev–Trinajstić information content (AvgIpc) is 3.13. The number of aryl methyl sites for hydroxylation is 1. The molecule has 140 valence electrons. The van der Waals surface area contributed by atoms with Crippen LogP contribution < -0.4 is 15.4 Å². The number of hydrogen-bond acceptors (Lipinski definition) is 6. The van der Waals surface area contributed by atoms with Gasteiger partial charge in [-0.3, -0.25) is 4.79 Å². The van der Waals surface area contributed by atoms with Crippen molar-refractivity contribution in [3.63, 3.8) is 0 Å². The van der Waals surface area contributed by atoms with Crippen LogP contribution in [0.1, 0.15) is 11.3 Å². The van der Waals surface area contributed by atoms with E-state index in [2.05, 4.69) is 25.9 Å². The van der Waals surface area contributed by atoms with Gasteiger partial charge < -0.3 is 15.4 Å². The minimum Gasteiger partial charge on any atom is -0.497 e. The summed E-state index contributed by atoms with van der Waals surface area (Å²) in [5.41, 5.74) is 1.86. The van der Waals surface area contributed by atoms with E-state index in [4.69, 9.17) is 4.74 Å². The summed E-state index contributed by atoms with van der Waals surface area (Å²) in [6.45, 7) is 2.98. The zero-order chi connectivity index (χ0) is 19.1. The molecular formula is C19H22N6O2. The molecule has 0 radical (unpaired) electrons. The standard InChI is InChI=1S/C19H22N6O2/c1-14-9-12-25(24-14)18-8-7-17(22-23-18)20-10-11-21-19(26)13-15-3-5-16(27-2)6-4-15/h3-9,12H,10-11,13H2,1-2H3,(H,20,22)(H,21,26). The minimum atomic E-state index is -0.0301. The van der Waals surface area contributed by atoms with E-state index >= 15 is 0 Å². The molecule has 1 amide bonds. The lowest BCUT2D eigenvalue weighted by molar-refractivity contribution is -0.120. The Morgan fingerprint density at radius 2 is 1.89 bits per heavy atom. The molecule has 0 saturated heterocycles. The summed E-state index contributed by atoms with van der Waals surface area (Å²) in [6, 6.07) is 13.0. The Bertz CT molecular complexity index is 874. The summed E-state index contributed by atoms with van der Waals surface area (Å²) in [5, 5.41) is 18.5. The van der Waals surface area contributed by atoms with Gasteiger partial charge in [-0.2, -0.15) is 5.10 Å². The highest BCUT2D eigenvalue weighted by Crippen LogP contribution is 2.11. The van der Waals surface area contributed by atoms with Crippen LogP contribution in [-0.2, 0) is 11.2 Å². The van der Waals surface area contributed by atoms with Crippen molar-refractivity contribution in [2.45, 2.75) is 13.3 Å². The molecule has 0 aliphatic rings. The molecule has 8 heteroatoms. The number of ether oxygens (including phenoxy) is 1. The van der Waals surface area contributed by atoms with E-state index in [-0.39, 0.29) is 5.91 Å². The highest BCUT2D eigenvalue weighted by Gasteiger charge is 2.04. The first-order chi connectivity index (χ1) is 13.1. The molecule has 0 spiro atoms. The van der Waals surface area contributed by atoms with E-state index < -0.39 is 0 Å². The third-order valence-electron chi connectivity index (χ3n) is 3.88. The molecule has 0 unspecified atom stereocenters. The molecule has 1 aromatic carbocycles. The second-order valence-corrected chi connectivity index (χ2v) is 5.98. The van der Waals surface area contributed by atoms with Crippen molar-refractivity contribution in [2.75, 3.05) is 25.5 Å². The van der Waals surface area contributed by atoms with Crippen LogP contribution in [0, 0.1) is 6.92 Å². The number of anilines is 1. The SMILES string of the molecule is COc1ccc(CC(=O)NCCNc2ccc(-n3ccc(C)n3)nn2)cc1. The van der Waals surface area contributed by atoms with Gasteiger partial charge in [-0.05, 0) is 42.8 Å². The van der Waals surface area contributed by atoms with Crippen LogP contribution in [0.2, 0.25) is 0 Å². The molecule has 0 atom stereocenters. The van der Waals surface area contributed by atoms with Gasteiger partial charge in [-0.25, -0.2) is 4.68 Å². The van der Waals surface area contributed by atoms with E-state index in [9.17, 15) is 4.79 Å². The first-order valence-electron chi connectivity index (χ1n) is 8.64. The van der Waals surface area contributed by atoms with E-state index in [1.165, 1.54) is 0 Å². The third kappa shape index (κ3) is 5.27. The number of aromatic nitrogens is 4. The normalized spacial score (nSPS) is 10.4. The van der Waals surface area contributed by atoms with Crippen molar-refractivity contribution in [3.8, 4) is 11.6 Å². The van der Waals surface area contributed by atoms with Crippen molar-refractivity contribution < 1.29 is 9.53 Å². The van der Waals surface area contributed by atoms with Gasteiger partial charge in [0.25, 0.3) is 0 Å². The molecule has 0 saturated carbocycles. The zero-order valence-corrected chi connectivity index (χ0v) is 15.3. The van der Waals surface area contributed by atoms with Gasteiger partial charge in [0.2, 0.25) is 5.91 Å². The number of hydrogen-bond donors (Lipinski definition) is 2. The Kier molecular flexibility index (Phi) is 5.98. The largest absolute Gasteiger partial charge is 0.497 e. The maximum Gasteiger partial charge on any atom is 0.224 e. The van der Waals surface area contributed by atoms with Crippen LogP contribution in [0.15, 0.2) is 48.7 Å². The van der Waals surface area contributed by atoms with Crippen LogP contribution in [0.3, 0.4) is 0 Å². The first-order valence-corrected chi connectivity index (χ1v) is 8.64. The molecule has 0 fully saturated rings. The molecule has 0 aliphatic carbocycles. The predicted molar refractivity (Wildman–Crippen MR) is 102 cm³/mol. The summed E-state index contributed by atoms with van der Waals surface area (Å²) in [6.07, 6.45) is 2.17. The number of nitrogens with one attached hydrogen (secondary N) is 2. The fourth-order valence-corrected chi connectivity index (χ4v) is 2.47. The van der Waals surface area contributed by atoms with Crippen LogP contribution in [0.25, 0.3) is 5.82 Å². The van der Waals surface area contributed by atoms with E-state index in [1.807, 2.05) is 55.6 Å². The monoisotopic (exact) mass is 366 g/mol. The van der Waals surface area contributed by atoms with Gasteiger partial charge in [-0.1, -0.05) is 12.1 Å². The molecule has 8 nitrogen and oxygen atoms in total. The summed E-state index contributed by atoms with van der Waals surface area (Å²) < 4.78 is 6.78. The maximum absolute atomic E-state index is 12.0. The van der Waals surface area contributed by atoms with Gasteiger partial charge in [-0.15, -0.1) is 10.2 Å². The van der Waals surface area contributed by atoms with Gasteiger partial charge in [0.05, 0.1) is 19.2 Å². The fraction of sp³-hybridized carbons (Fsp3) is 0.263. The number of benzene rings is 1. The highest BCUT2D eigenvalue weighted by atomic mass is 16.5. The Morgan fingerprint density at radius 3 is 2.52 bits per heavy atom.